The number of hydrogen-bond donors (Lipinski definition) is 0. The fraction of sp³-hybridized carbons (Fsp3) is 0.923. The van der Waals surface area contributed by atoms with Crippen LogP contribution in [0.3, 0.4) is 0 Å². The largest absolute Gasteiger partial charge is 3.00 e. The Morgan fingerprint density at radius 1 is 1.00 bits per heavy atom. The van der Waals surface area contributed by atoms with Crippen molar-refractivity contribution in [3.05, 3.63) is 12.4 Å². The molecular formula is C13H32CoN2Si+. The number of rotatable bonds is 7. The van der Waals surface area contributed by atoms with Gasteiger partial charge in [-0.2, -0.15) is 0 Å². The minimum absolute atomic E-state index is 0. The molecule has 0 saturated heterocycles. The van der Waals surface area contributed by atoms with Crippen molar-refractivity contribution in [1.82, 2.24) is 4.90 Å². The smallest absolute Gasteiger partial charge is 0.658 e. The zero-order valence-corrected chi connectivity index (χ0v) is 15.1. The Kier molecular flexibility index (Phi) is 12.8. The Balaban J connectivity index is -0.000000980. The predicted octanol–water partition coefficient (Wildman–Crippen LogP) is 4.15. The molecule has 0 rings (SSSR count). The molecule has 17 heavy (non-hydrogen) atoms. The minimum atomic E-state index is -1.32. The van der Waals surface area contributed by atoms with Crippen LogP contribution < -0.4 is 0 Å². The molecule has 0 heterocycles. The van der Waals surface area contributed by atoms with E-state index in [0.717, 1.165) is 6.54 Å². The monoisotopic (exact) mass is 303 g/mol. The molecule has 0 radical (unpaired) electrons. The molecule has 0 aliphatic carbocycles. The summed E-state index contributed by atoms with van der Waals surface area (Å²) < 4.78 is 0. The van der Waals surface area contributed by atoms with Gasteiger partial charge >= 0.3 is 16.8 Å². The molecule has 0 aromatic rings. The SMILES string of the molecule is CC[Si](CC)(CC)[N-]C(C)(C)CN(C)C.[CH3-].[Co+3]. The number of hydrogen-bond acceptors (Lipinski definition) is 1. The molecule has 0 bridgehead atoms. The van der Waals surface area contributed by atoms with Crippen molar-refractivity contribution in [1.29, 1.82) is 0 Å². The summed E-state index contributed by atoms with van der Waals surface area (Å²) in [5, 5.41) is 0. The van der Waals surface area contributed by atoms with Crippen molar-refractivity contribution in [2.75, 3.05) is 20.6 Å². The second kappa shape index (κ2) is 9.56. The van der Waals surface area contributed by atoms with Crippen LogP contribution in [0.1, 0.15) is 34.6 Å². The maximum absolute atomic E-state index is 5.23. The van der Waals surface area contributed by atoms with Crippen molar-refractivity contribution in [3.8, 4) is 0 Å². The van der Waals surface area contributed by atoms with Crippen LogP contribution in [0.25, 0.3) is 4.98 Å². The van der Waals surface area contributed by atoms with Gasteiger partial charge in [0.1, 0.15) is 0 Å². The van der Waals surface area contributed by atoms with E-state index in [-0.39, 0.29) is 29.7 Å². The van der Waals surface area contributed by atoms with Gasteiger partial charge in [0, 0.05) is 0 Å². The molecule has 0 fully saturated rings. The zero-order chi connectivity index (χ0) is 12.1. The van der Waals surface area contributed by atoms with E-state index >= 15 is 0 Å². The summed E-state index contributed by atoms with van der Waals surface area (Å²) in [6, 6.07) is 3.87. The fourth-order valence-electron chi connectivity index (χ4n) is 2.44. The third-order valence-corrected chi connectivity index (χ3v) is 8.25. The first kappa shape index (κ1) is 22.8. The molecule has 0 aliphatic heterocycles. The third kappa shape index (κ3) is 8.37. The average Bonchev–Trinajstić information content (AvgIpc) is 2.12. The summed E-state index contributed by atoms with van der Waals surface area (Å²) in [7, 11) is 2.94. The van der Waals surface area contributed by atoms with Crippen LogP contribution in [0.15, 0.2) is 0 Å². The van der Waals surface area contributed by atoms with E-state index in [1.165, 1.54) is 18.1 Å². The summed E-state index contributed by atoms with van der Waals surface area (Å²) in [5.74, 6) is 0. The molecule has 0 saturated carbocycles. The summed E-state index contributed by atoms with van der Waals surface area (Å²) in [5.41, 5.74) is 0.123. The van der Waals surface area contributed by atoms with Gasteiger partial charge in [0.15, 0.2) is 0 Å². The quantitative estimate of drug-likeness (QED) is 0.510. The Morgan fingerprint density at radius 3 is 1.59 bits per heavy atom. The topological polar surface area (TPSA) is 17.3 Å². The summed E-state index contributed by atoms with van der Waals surface area (Å²) in [4.78, 5) is 7.47. The molecule has 0 unspecified atom stereocenters. The Morgan fingerprint density at radius 2 is 1.35 bits per heavy atom. The van der Waals surface area contributed by atoms with Gasteiger partial charge in [-0.15, -0.1) is 5.54 Å². The van der Waals surface area contributed by atoms with Gasteiger partial charge in [-0.05, 0) is 20.6 Å². The van der Waals surface area contributed by atoms with E-state index in [2.05, 4.69) is 53.6 Å². The second-order valence-corrected chi connectivity index (χ2v) is 10.2. The van der Waals surface area contributed by atoms with Gasteiger partial charge in [0.25, 0.3) is 0 Å². The van der Waals surface area contributed by atoms with Crippen molar-refractivity contribution in [2.45, 2.75) is 58.3 Å². The van der Waals surface area contributed by atoms with Gasteiger partial charge in [-0.25, -0.2) is 0 Å². The molecule has 0 atom stereocenters. The minimum Gasteiger partial charge on any atom is -0.658 e. The standard InChI is InChI=1S/C12H29N2Si.CH3.Co/c1-8-15(9-2,10-3)13-12(4,5)11-14(6)7;;/h8-11H2,1-7H3;1H3;/q2*-1;+3. The van der Waals surface area contributed by atoms with Crippen LogP contribution in [0.5, 0.6) is 0 Å². The Hall–Kier alpha value is 0.643. The van der Waals surface area contributed by atoms with Crippen LogP contribution in [0.2, 0.25) is 18.1 Å². The second-order valence-electron chi connectivity index (χ2n) is 5.45. The molecule has 0 aromatic carbocycles. The maximum Gasteiger partial charge on any atom is 3.00 e. The molecule has 0 spiro atoms. The summed E-state index contributed by atoms with van der Waals surface area (Å²) >= 11 is 0. The van der Waals surface area contributed by atoms with Crippen LogP contribution >= 0.6 is 0 Å². The van der Waals surface area contributed by atoms with E-state index in [1.54, 1.807) is 0 Å². The molecule has 2 nitrogen and oxygen atoms in total. The first-order chi connectivity index (χ1) is 6.81. The third-order valence-electron chi connectivity index (χ3n) is 3.22. The normalized spacial score (nSPS) is 12.0. The number of nitrogens with zero attached hydrogens (tertiary/aromatic N) is 2. The molecule has 106 valence electrons. The summed E-state index contributed by atoms with van der Waals surface area (Å²) in [6.07, 6.45) is 0. The van der Waals surface area contributed by atoms with Crippen molar-refractivity contribution in [2.24, 2.45) is 0 Å². The Bertz CT molecular complexity index is 172. The van der Waals surface area contributed by atoms with Crippen LogP contribution in [-0.4, -0.2) is 39.3 Å². The van der Waals surface area contributed by atoms with E-state index in [9.17, 15) is 0 Å². The molecule has 0 aromatic heterocycles. The molecular weight excluding hydrogens is 271 g/mol. The first-order valence-corrected chi connectivity index (χ1v) is 8.76. The van der Waals surface area contributed by atoms with Gasteiger partial charge in [-0.1, -0.05) is 61.0 Å². The number of likely N-dealkylation sites (N-methyl/N-ethyl adjacent to an activating group) is 1. The molecule has 0 aliphatic rings. The average molecular weight is 303 g/mol. The van der Waals surface area contributed by atoms with Crippen molar-refractivity contribution < 1.29 is 16.8 Å². The van der Waals surface area contributed by atoms with E-state index in [1.807, 2.05) is 0 Å². The Labute approximate surface area is 121 Å². The van der Waals surface area contributed by atoms with E-state index in [4.69, 9.17) is 4.98 Å². The molecule has 0 N–H and O–H groups in total. The van der Waals surface area contributed by atoms with Crippen molar-refractivity contribution >= 4 is 8.24 Å². The maximum atomic E-state index is 5.23. The van der Waals surface area contributed by atoms with E-state index < -0.39 is 8.24 Å². The van der Waals surface area contributed by atoms with Gasteiger partial charge in [0.2, 0.25) is 0 Å². The van der Waals surface area contributed by atoms with Crippen LogP contribution in [0, 0.1) is 7.43 Å². The summed E-state index contributed by atoms with van der Waals surface area (Å²) in [6.45, 7) is 12.5. The van der Waals surface area contributed by atoms with E-state index in [0.29, 0.717) is 0 Å². The molecule has 4 heteroatoms. The van der Waals surface area contributed by atoms with Crippen LogP contribution in [-0.2, 0) is 16.8 Å². The van der Waals surface area contributed by atoms with Gasteiger partial charge < -0.3 is 17.3 Å². The molecule has 0 amide bonds. The fourth-order valence-corrected chi connectivity index (χ4v) is 5.77. The van der Waals surface area contributed by atoms with Gasteiger partial charge in [-0.3, -0.25) is 0 Å². The first-order valence-electron chi connectivity index (χ1n) is 6.19. The van der Waals surface area contributed by atoms with Crippen molar-refractivity contribution in [3.63, 3.8) is 0 Å². The van der Waals surface area contributed by atoms with Crippen LogP contribution in [0.4, 0.5) is 0 Å². The van der Waals surface area contributed by atoms with Gasteiger partial charge in [0.05, 0.1) is 0 Å². The zero-order valence-electron chi connectivity index (χ0n) is 13.1. The predicted molar refractivity (Wildman–Crippen MR) is 79.6 cm³/mol.